The summed E-state index contributed by atoms with van der Waals surface area (Å²) in [4.78, 5) is 12.4. The average molecular weight is 302 g/mol. The molecule has 1 aliphatic rings. The monoisotopic (exact) mass is 301 g/mol. The molecular weight excluding hydrogens is 286 g/mol. The van der Waals surface area contributed by atoms with Gasteiger partial charge in [-0.15, -0.1) is 0 Å². The van der Waals surface area contributed by atoms with Crippen LogP contribution in [0, 0.1) is 5.92 Å². The quantitative estimate of drug-likeness (QED) is 0.848. The highest BCUT2D eigenvalue weighted by Gasteiger charge is 2.39. The van der Waals surface area contributed by atoms with Gasteiger partial charge in [-0.2, -0.15) is 11.3 Å². The molecule has 0 saturated heterocycles. The van der Waals surface area contributed by atoms with Crippen LogP contribution in [0.25, 0.3) is 0 Å². The lowest BCUT2D eigenvalue weighted by atomic mass is 9.73. The molecule has 16 heavy (non-hydrogen) atoms. The number of carbonyl (C=O) groups excluding carboxylic acids is 1. The highest BCUT2D eigenvalue weighted by Crippen LogP contribution is 2.35. The number of halogens is 1. The fourth-order valence-electron chi connectivity index (χ4n) is 2.51. The summed E-state index contributed by atoms with van der Waals surface area (Å²) in [6, 6.07) is 0. The Morgan fingerprint density at radius 2 is 2.38 bits per heavy atom. The Hall–Kier alpha value is -0.190. The van der Waals surface area contributed by atoms with E-state index in [0.717, 1.165) is 29.3 Å². The number of carbonyl (C=O) groups is 1. The number of hydrogen-bond donors (Lipinski definition) is 1. The van der Waals surface area contributed by atoms with Gasteiger partial charge in [0.1, 0.15) is 0 Å². The first kappa shape index (κ1) is 12.3. The van der Waals surface area contributed by atoms with Crippen molar-refractivity contribution >= 4 is 33.0 Å². The van der Waals surface area contributed by atoms with Gasteiger partial charge in [0, 0.05) is 20.8 Å². The summed E-state index contributed by atoms with van der Waals surface area (Å²) in [5.74, 6) is 0.660. The molecule has 1 aromatic rings. The average Bonchev–Trinajstić information content (AvgIpc) is 2.63. The molecule has 2 N–H and O–H groups in total. The summed E-state index contributed by atoms with van der Waals surface area (Å²) in [5, 5.41) is 3.82. The predicted molar refractivity (Wildman–Crippen MR) is 70.9 cm³/mol. The second kappa shape index (κ2) is 4.59. The minimum absolute atomic E-state index is 0.104. The Morgan fingerprint density at radius 3 is 2.94 bits per heavy atom. The van der Waals surface area contributed by atoms with Crippen LogP contribution in [0.4, 0.5) is 0 Å². The van der Waals surface area contributed by atoms with Crippen LogP contribution in [0.5, 0.6) is 0 Å². The first-order chi connectivity index (χ1) is 7.53. The van der Waals surface area contributed by atoms with Gasteiger partial charge in [-0.25, -0.2) is 0 Å². The number of ketones is 1. The highest BCUT2D eigenvalue weighted by molar-refractivity contribution is 9.10. The summed E-state index contributed by atoms with van der Waals surface area (Å²) in [6.45, 7) is 2.18. The molecule has 1 saturated carbocycles. The molecule has 2 atom stereocenters. The fourth-order valence-corrected chi connectivity index (χ4v) is 3.96. The van der Waals surface area contributed by atoms with Gasteiger partial charge in [0.05, 0.1) is 5.54 Å². The van der Waals surface area contributed by atoms with Crippen molar-refractivity contribution < 1.29 is 4.79 Å². The lowest BCUT2D eigenvalue weighted by Gasteiger charge is -2.35. The highest BCUT2D eigenvalue weighted by atomic mass is 79.9. The summed E-state index contributed by atoms with van der Waals surface area (Å²) >= 11 is 4.94. The van der Waals surface area contributed by atoms with Gasteiger partial charge in [-0.05, 0) is 34.7 Å². The zero-order valence-electron chi connectivity index (χ0n) is 9.33. The zero-order valence-corrected chi connectivity index (χ0v) is 11.7. The molecule has 88 valence electrons. The molecule has 1 fully saturated rings. The summed E-state index contributed by atoms with van der Waals surface area (Å²) in [7, 11) is 0. The molecule has 2 rings (SSSR count). The van der Waals surface area contributed by atoms with E-state index in [1.54, 1.807) is 0 Å². The summed E-state index contributed by atoms with van der Waals surface area (Å²) < 4.78 is 0.880. The van der Waals surface area contributed by atoms with E-state index in [0.29, 0.717) is 5.92 Å². The van der Waals surface area contributed by atoms with Crippen molar-refractivity contribution in [2.45, 2.75) is 38.1 Å². The van der Waals surface area contributed by atoms with Gasteiger partial charge < -0.3 is 5.73 Å². The van der Waals surface area contributed by atoms with Crippen LogP contribution in [0.15, 0.2) is 15.2 Å². The van der Waals surface area contributed by atoms with Crippen LogP contribution >= 0.6 is 27.3 Å². The maximum absolute atomic E-state index is 12.4. The molecule has 1 heterocycles. The molecule has 0 spiro atoms. The van der Waals surface area contributed by atoms with Gasteiger partial charge in [-0.1, -0.05) is 19.8 Å². The smallest absolute Gasteiger partial charge is 0.184 e. The largest absolute Gasteiger partial charge is 0.319 e. The Morgan fingerprint density at radius 1 is 1.62 bits per heavy atom. The minimum atomic E-state index is -0.638. The second-order valence-corrected chi connectivity index (χ2v) is 6.42. The van der Waals surface area contributed by atoms with E-state index in [-0.39, 0.29) is 5.78 Å². The lowest BCUT2D eigenvalue weighted by Crippen LogP contribution is -2.51. The van der Waals surface area contributed by atoms with E-state index in [2.05, 4.69) is 22.9 Å². The first-order valence-corrected chi connectivity index (χ1v) is 7.32. The summed E-state index contributed by atoms with van der Waals surface area (Å²) in [5.41, 5.74) is 6.40. The van der Waals surface area contributed by atoms with E-state index in [1.165, 1.54) is 17.8 Å². The van der Waals surface area contributed by atoms with Crippen LogP contribution in [0.1, 0.15) is 43.0 Å². The molecule has 4 heteroatoms. The van der Waals surface area contributed by atoms with Gasteiger partial charge in [0.15, 0.2) is 5.78 Å². The normalized spacial score (nSPS) is 30.3. The van der Waals surface area contributed by atoms with Crippen molar-refractivity contribution in [3.8, 4) is 0 Å². The number of rotatable bonds is 2. The molecular formula is C12H16BrNOS. The van der Waals surface area contributed by atoms with E-state index >= 15 is 0 Å². The Balaban J connectivity index is 2.24. The Labute approximate surface area is 108 Å². The van der Waals surface area contributed by atoms with Crippen LogP contribution < -0.4 is 5.73 Å². The third-order valence-electron chi connectivity index (χ3n) is 3.34. The van der Waals surface area contributed by atoms with Crippen LogP contribution in [0.2, 0.25) is 0 Å². The molecule has 0 aromatic carbocycles. The van der Waals surface area contributed by atoms with Crippen molar-refractivity contribution in [2.24, 2.45) is 11.7 Å². The maximum atomic E-state index is 12.4. The molecule has 2 unspecified atom stereocenters. The Bertz CT molecular complexity index is 403. The van der Waals surface area contributed by atoms with Crippen molar-refractivity contribution in [1.82, 2.24) is 0 Å². The van der Waals surface area contributed by atoms with Crippen LogP contribution in [0.3, 0.4) is 0 Å². The third-order valence-corrected chi connectivity index (χ3v) is 5.05. The SMILES string of the molecule is CC1CCCC(N)(C(=O)c2cscc2Br)C1. The van der Waals surface area contributed by atoms with Gasteiger partial charge in [0.2, 0.25) is 0 Å². The molecule has 0 bridgehead atoms. The first-order valence-electron chi connectivity index (χ1n) is 5.58. The molecule has 0 amide bonds. The van der Waals surface area contributed by atoms with E-state index in [9.17, 15) is 4.79 Å². The summed E-state index contributed by atoms with van der Waals surface area (Å²) in [6.07, 6.45) is 3.88. The molecule has 0 aliphatic heterocycles. The minimum Gasteiger partial charge on any atom is -0.319 e. The molecule has 1 aromatic heterocycles. The van der Waals surface area contributed by atoms with E-state index in [4.69, 9.17) is 5.73 Å². The van der Waals surface area contributed by atoms with E-state index in [1.807, 2.05) is 10.8 Å². The second-order valence-electron chi connectivity index (χ2n) is 4.82. The standard InChI is InChI=1S/C12H16BrNOS/c1-8-3-2-4-12(14,5-8)11(15)9-6-16-7-10(9)13/h6-8H,2-5,14H2,1H3. The van der Waals surface area contributed by atoms with Gasteiger partial charge >= 0.3 is 0 Å². The van der Waals surface area contributed by atoms with Gasteiger partial charge in [-0.3, -0.25) is 4.79 Å². The molecule has 0 radical (unpaired) electrons. The van der Waals surface area contributed by atoms with Crippen molar-refractivity contribution in [1.29, 1.82) is 0 Å². The fraction of sp³-hybridized carbons (Fsp3) is 0.583. The number of hydrogen-bond acceptors (Lipinski definition) is 3. The topological polar surface area (TPSA) is 43.1 Å². The van der Waals surface area contributed by atoms with Crippen LogP contribution in [-0.2, 0) is 0 Å². The number of nitrogens with two attached hydrogens (primary N) is 1. The maximum Gasteiger partial charge on any atom is 0.184 e. The molecule has 2 nitrogen and oxygen atoms in total. The van der Waals surface area contributed by atoms with Gasteiger partial charge in [0.25, 0.3) is 0 Å². The lowest BCUT2D eigenvalue weighted by molar-refractivity contribution is 0.0819. The van der Waals surface area contributed by atoms with Crippen molar-refractivity contribution in [3.63, 3.8) is 0 Å². The number of thiophene rings is 1. The predicted octanol–water partition coefficient (Wildman–Crippen LogP) is 3.60. The number of Topliss-reactive ketones (excluding diaryl/α,β-unsaturated/α-hetero) is 1. The van der Waals surface area contributed by atoms with Crippen molar-refractivity contribution in [3.05, 3.63) is 20.8 Å². The molecule has 1 aliphatic carbocycles. The Kier molecular flexibility index (Phi) is 3.52. The van der Waals surface area contributed by atoms with E-state index < -0.39 is 5.54 Å². The van der Waals surface area contributed by atoms with Crippen molar-refractivity contribution in [2.75, 3.05) is 0 Å². The third kappa shape index (κ3) is 2.24. The zero-order chi connectivity index (χ0) is 11.8. The van der Waals surface area contributed by atoms with Crippen LogP contribution in [-0.4, -0.2) is 11.3 Å².